The molecule has 2 aromatic rings. The van der Waals surface area contributed by atoms with Gasteiger partial charge in [-0.1, -0.05) is 23.7 Å². The first-order valence-electron chi connectivity index (χ1n) is 7.41. The predicted octanol–water partition coefficient (Wildman–Crippen LogP) is 2.55. The first kappa shape index (κ1) is 15.8. The lowest BCUT2D eigenvalue weighted by Gasteiger charge is -2.33. The number of hydrogen-bond acceptors (Lipinski definition) is 3. The van der Waals surface area contributed by atoms with Crippen LogP contribution in [0.5, 0.6) is 0 Å². The van der Waals surface area contributed by atoms with Gasteiger partial charge in [0.2, 0.25) is 0 Å². The summed E-state index contributed by atoms with van der Waals surface area (Å²) in [7, 11) is 0. The molecule has 6 heteroatoms. The molecule has 5 nitrogen and oxygen atoms in total. The fourth-order valence-electron chi connectivity index (χ4n) is 2.62. The van der Waals surface area contributed by atoms with Crippen LogP contribution in [-0.2, 0) is 4.74 Å². The van der Waals surface area contributed by atoms with Crippen molar-refractivity contribution in [2.45, 2.75) is 13.0 Å². The number of aromatic amines is 1. The van der Waals surface area contributed by atoms with E-state index in [0.717, 1.165) is 11.3 Å². The summed E-state index contributed by atoms with van der Waals surface area (Å²) in [4.78, 5) is 28.9. The zero-order valence-electron chi connectivity index (χ0n) is 12.7. The summed E-state index contributed by atoms with van der Waals surface area (Å²) >= 11 is 5.90. The number of rotatable bonds is 2. The van der Waals surface area contributed by atoms with E-state index in [0.29, 0.717) is 24.7 Å². The van der Waals surface area contributed by atoms with Crippen LogP contribution in [0.1, 0.15) is 27.7 Å². The van der Waals surface area contributed by atoms with Gasteiger partial charge in [0, 0.05) is 17.3 Å². The molecule has 2 heterocycles. The van der Waals surface area contributed by atoms with E-state index in [1.807, 2.05) is 12.1 Å². The number of morpholine rings is 1. The number of nitrogens with one attached hydrogen (secondary N) is 1. The monoisotopic (exact) mass is 332 g/mol. The van der Waals surface area contributed by atoms with Gasteiger partial charge in [0.15, 0.2) is 0 Å². The molecule has 0 radical (unpaired) electrons. The fraction of sp³-hybridized carbons (Fsp3) is 0.294. The van der Waals surface area contributed by atoms with Gasteiger partial charge in [-0.25, -0.2) is 0 Å². The van der Waals surface area contributed by atoms with Crippen molar-refractivity contribution in [1.82, 2.24) is 9.88 Å². The molecular formula is C17H17ClN2O3. The number of ether oxygens (including phenoxy) is 1. The van der Waals surface area contributed by atoms with Crippen molar-refractivity contribution in [3.8, 4) is 0 Å². The van der Waals surface area contributed by atoms with Crippen LogP contribution in [-0.4, -0.2) is 35.5 Å². The molecule has 0 unspecified atom stereocenters. The molecule has 23 heavy (non-hydrogen) atoms. The SMILES string of the molecule is Cc1ccc(C(=O)N2CCO[C@H](c3ccc(Cl)cc3)C2)c(=O)[nH]1. The third-order valence-corrected chi connectivity index (χ3v) is 4.13. The lowest BCUT2D eigenvalue weighted by Crippen LogP contribution is -2.43. The minimum absolute atomic E-state index is 0.160. The Morgan fingerprint density at radius 3 is 2.70 bits per heavy atom. The second kappa shape index (κ2) is 6.56. The molecule has 1 amide bonds. The summed E-state index contributed by atoms with van der Waals surface area (Å²) in [6.07, 6.45) is -0.213. The highest BCUT2D eigenvalue weighted by Gasteiger charge is 2.27. The summed E-state index contributed by atoms with van der Waals surface area (Å²) in [6, 6.07) is 10.7. The Bertz CT molecular complexity index is 770. The van der Waals surface area contributed by atoms with Crippen molar-refractivity contribution < 1.29 is 9.53 Å². The number of amides is 1. The number of pyridine rings is 1. The van der Waals surface area contributed by atoms with Crippen LogP contribution in [0.15, 0.2) is 41.2 Å². The number of benzene rings is 1. The van der Waals surface area contributed by atoms with Gasteiger partial charge in [-0.05, 0) is 36.8 Å². The molecule has 1 N–H and O–H groups in total. The smallest absolute Gasteiger partial charge is 0.260 e. The fourth-order valence-corrected chi connectivity index (χ4v) is 2.75. The van der Waals surface area contributed by atoms with E-state index in [1.54, 1.807) is 36.1 Å². The third kappa shape index (κ3) is 3.46. The molecule has 0 spiro atoms. The molecule has 1 aliphatic heterocycles. The van der Waals surface area contributed by atoms with E-state index in [-0.39, 0.29) is 23.1 Å². The Balaban J connectivity index is 1.79. The van der Waals surface area contributed by atoms with Crippen LogP contribution in [0.4, 0.5) is 0 Å². The number of aromatic nitrogens is 1. The van der Waals surface area contributed by atoms with E-state index in [9.17, 15) is 9.59 Å². The van der Waals surface area contributed by atoms with E-state index in [1.165, 1.54) is 0 Å². The van der Waals surface area contributed by atoms with E-state index in [4.69, 9.17) is 16.3 Å². The van der Waals surface area contributed by atoms with E-state index < -0.39 is 0 Å². The first-order valence-corrected chi connectivity index (χ1v) is 7.78. The minimum Gasteiger partial charge on any atom is -0.370 e. The summed E-state index contributed by atoms with van der Waals surface area (Å²) in [5, 5.41) is 0.656. The van der Waals surface area contributed by atoms with Crippen LogP contribution >= 0.6 is 11.6 Å². The molecule has 0 aliphatic carbocycles. The quantitative estimate of drug-likeness (QED) is 0.919. The number of carbonyl (C=O) groups excluding carboxylic acids is 1. The summed E-state index contributed by atoms with van der Waals surface area (Å²) in [5.74, 6) is -0.270. The third-order valence-electron chi connectivity index (χ3n) is 3.88. The average Bonchev–Trinajstić information content (AvgIpc) is 2.55. The van der Waals surface area contributed by atoms with Crippen molar-refractivity contribution in [2.75, 3.05) is 19.7 Å². The van der Waals surface area contributed by atoms with E-state index in [2.05, 4.69) is 4.98 Å². The number of nitrogens with zero attached hydrogens (tertiary/aromatic N) is 1. The molecule has 1 aromatic heterocycles. The molecule has 1 atom stereocenters. The van der Waals surface area contributed by atoms with Crippen molar-refractivity contribution in [3.63, 3.8) is 0 Å². The van der Waals surface area contributed by atoms with Gasteiger partial charge in [0.05, 0.1) is 13.2 Å². The van der Waals surface area contributed by atoms with Crippen LogP contribution in [0.3, 0.4) is 0 Å². The zero-order chi connectivity index (χ0) is 16.4. The maximum Gasteiger partial charge on any atom is 0.260 e. The number of halogens is 1. The summed E-state index contributed by atoms with van der Waals surface area (Å²) < 4.78 is 5.75. The topological polar surface area (TPSA) is 62.4 Å². The molecule has 1 aliphatic rings. The van der Waals surface area contributed by atoms with E-state index >= 15 is 0 Å². The highest BCUT2D eigenvalue weighted by atomic mass is 35.5. The zero-order valence-corrected chi connectivity index (χ0v) is 13.5. The lowest BCUT2D eigenvalue weighted by molar-refractivity contribution is -0.0228. The standard InChI is InChI=1S/C17H17ClN2O3/c1-11-2-7-14(16(21)19-11)17(22)20-8-9-23-15(10-20)12-3-5-13(18)6-4-12/h2-7,15H,8-10H2,1H3,(H,19,21)/t15-/m0/s1. The van der Waals surface area contributed by atoms with Crippen molar-refractivity contribution in [1.29, 1.82) is 0 Å². The Labute approximate surface area is 138 Å². The van der Waals surface area contributed by atoms with Gasteiger partial charge >= 0.3 is 0 Å². The second-order valence-electron chi connectivity index (χ2n) is 5.55. The van der Waals surface area contributed by atoms with Gasteiger partial charge in [-0.2, -0.15) is 0 Å². The van der Waals surface area contributed by atoms with Gasteiger partial charge in [0.1, 0.15) is 11.7 Å². The number of aryl methyl sites for hydroxylation is 1. The maximum absolute atomic E-state index is 12.6. The normalized spacial score (nSPS) is 18.0. The van der Waals surface area contributed by atoms with Crippen LogP contribution in [0.2, 0.25) is 5.02 Å². The number of hydrogen-bond donors (Lipinski definition) is 1. The van der Waals surface area contributed by atoms with Gasteiger partial charge < -0.3 is 14.6 Å². The van der Waals surface area contributed by atoms with Crippen LogP contribution < -0.4 is 5.56 Å². The van der Waals surface area contributed by atoms with Crippen molar-refractivity contribution in [2.24, 2.45) is 0 Å². The van der Waals surface area contributed by atoms with Crippen LogP contribution in [0, 0.1) is 6.92 Å². The molecule has 1 aromatic carbocycles. The Morgan fingerprint density at radius 1 is 1.26 bits per heavy atom. The molecule has 1 saturated heterocycles. The maximum atomic E-state index is 12.6. The molecular weight excluding hydrogens is 316 g/mol. The molecule has 0 saturated carbocycles. The summed E-state index contributed by atoms with van der Waals surface area (Å²) in [6.45, 7) is 3.09. The molecule has 1 fully saturated rings. The molecule has 3 rings (SSSR count). The summed E-state index contributed by atoms with van der Waals surface area (Å²) in [5.41, 5.74) is 1.49. The highest BCUT2D eigenvalue weighted by Crippen LogP contribution is 2.24. The Morgan fingerprint density at radius 2 is 2.00 bits per heavy atom. The Kier molecular flexibility index (Phi) is 4.50. The second-order valence-corrected chi connectivity index (χ2v) is 5.98. The first-order chi connectivity index (χ1) is 11.0. The van der Waals surface area contributed by atoms with Crippen molar-refractivity contribution >= 4 is 17.5 Å². The number of carbonyl (C=O) groups is 1. The predicted molar refractivity (Wildman–Crippen MR) is 87.8 cm³/mol. The highest BCUT2D eigenvalue weighted by molar-refractivity contribution is 6.30. The molecule has 120 valence electrons. The van der Waals surface area contributed by atoms with Gasteiger partial charge in [-0.15, -0.1) is 0 Å². The van der Waals surface area contributed by atoms with Crippen LogP contribution in [0.25, 0.3) is 0 Å². The lowest BCUT2D eigenvalue weighted by atomic mass is 10.1. The van der Waals surface area contributed by atoms with Gasteiger partial charge in [-0.3, -0.25) is 9.59 Å². The largest absolute Gasteiger partial charge is 0.370 e. The molecule has 0 bridgehead atoms. The average molecular weight is 333 g/mol. The number of H-pyrrole nitrogens is 1. The van der Waals surface area contributed by atoms with Gasteiger partial charge in [0.25, 0.3) is 11.5 Å². The minimum atomic E-state index is -0.357. The van der Waals surface area contributed by atoms with Crippen molar-refractivity contribution in [3.05, 3.63) is 68.6 Å². The Hall–Kier alpha value is -2.11.